The lowest BCUT2D eigenvalue weighted by molar-refractivity contribution is 0.169. The zero-order valence-corrected chi connectivity index (χ0v) is 11.8. The molecule has 94 valence electrons. The molecule has 1 aliphatic rings. The summed E-state index contributed by atoms with van der Waals surface area (Å²) in [6.45, 7) is 1.12. The number of rotatable bonds is 2. The highest BCUT2D eigenvalue weighted by atomic mass is 79.9. The molecule has 0 radical (unpaired) electrons. The fourth-order valence-corrected chi connectivity index (χ4v) is 3.43. The molecule has 0 saturated carbocycles. The van der Waals surface area contributed by atoms with Crippen LogP contribution < -0.4 is 9.47 Å². The number of hydrogen-bond acceptors (Lipinski definition) is 4. The van der Waals surface area contributed by atoms with E-state index >= 15 is 0 Å². The van der Waals surface area contributed by atoms with Crippen LogP contribution in [-0.2, 0) is 0 Å². The van der Waals surface area contributed by atoms with Crippen molar-refractivity contribution in [3.8, 4) is 11.5 Å². The quantitative estimate of drug-likeness (QED) is 0.919. The average Bonchev–Trinajstić information content (AvgIpc) is 2.83. The first kappa shape index (κ1) is 12.0. The molecule has 1 aliphatic heterocycles. The van der Waals surface area contributed by atoms with E-state index in [2.05, 4.69) is 15.9 Å². The van der Waals surface area contributed by atoms with Gasteiger partial charge in [0.05, 0.1) is 0 Å². The molecule has 18 heavy (non-hydrogen) atoms. The van der Waals surface area contributed by atoms with Crippen LogP contribution in [0.1, 0.15) is 17.2 Å². The first-order valence-corrected chi connectivity index (χ1v) is 7.28. The van der Waals surface area contributed by atoms with Crippen molar-refractivity contribution in [1.29, 1.82) is 0 Å². The Bertz CT molecular complexity index is 567. The minimum Gasteiger partial charge on any atom is -0.486 e. The smallest absolute Gasteiger partial charge is 0.161 e. The fraction of sp³-hybridized carbons (Fsp3) is 0.231. The first-order valence-electron chi connectivity index (χ1n) is 5.55. The lowest BCUT2D eigenvalue weighted by Crippen LogP contribution is -2.15. The van der Waals surface area contributed by atoms with Crippen LogP contribution in [0.5, 0.6) is 11.5 Å². The van der Waals surface area contributed by atoms with Gasteiger partial charge >= 0.3 is 0 Å². The lowest BCUT2D eigenvalue weighted by atomic mass is 10.0. The number of aliphatic hydroxyl groups is 1. The van der Waals surface area contributed by atoms with Gasteiger partial charge < -0.3 is 14.6 Å². The number of fused-ring (bicyclic) bond motifs is 1. The summed E-state index contributed by atoms with van der Waals surface area (Å²) in [7, 11) is 0. The molecule has 0 spiro atoms. The molecule has 3 nitrogen and oxygen atoms in total. The molecule has 0 bridgehead atoms. The third-order valence-corrected chi connectivity index (χ3v) is 4.57. The van der Waals surface area contributed by atoms with Gasteiger partial charge in [0.1, 0.15) is 19.3 Å². The van der Waals surface area contributed by atoms with Gasteiger partial charge in [0.25, 0.3) is 0 Å². The lowest BCUT2D eigenvalue weighted by Gasteiger charge is -2.20. The number of ether oxygens (including phenoxy) is 2. The maximum absolute atomic E-state index is 10.3. The Morgan fingerprint density at radius 3 is 2.67 bits per heavy atom. The zero-order chi connectivity index (χ0) is 12.5. The van der Waals surface area contributed by atoms with Crippen molar-refractivity contribution in [2.75, 3.05) is 13.2 Å². The predicted octanol–water partition coefficient (Wildman–Crippen LogP) is 3.36. The molecular formula is C13H11BrO3S. The summed E-state index contributed by atoms with van der Waals surface area (Å²) in [4.78, 5) is 0. The largest absolute Gasteiger partial charge is 0.486 e. The van der Waals surface area contributed by atoms with Crippen LogP contribution in [0.2, 0.25) is 0 Å². The van der Waals surface area contributed by atoms with E-state index in [0.717, 1.165) is 21.3 Å². The van der Waals surface area contributed by atoms with E-state index in [-0.39, 0.29) is 0 Å². The molecule has 1 aromatic heterocycles. The molecular weight excluding hydrogens is 316 g/mol. The van der Waals surface area contributed by atoms with E-state index < -0.39 is 6.10 Å². The van der Waals surface area contributed by atoms with Crippen LogP contribution in [0.4, 0.5) is 0 Å². The average molecular weight is 327 g/mol. The van der Waals surface area contributed by atoms with Crippen molar-refractivity contribution in [2.45, 2.75) is 6.10 Å². The van der Waals surface area contributed by atoms with Crippen LogP contribution in [0.15, 0.2) is 33.4 Å². The maximum atomic E-state index is 10.3. The molecule has 1 atom stereocenters. The van der Waals surface area contributed by atoms with Gasteiger partial charge in [-0.3, -0.25) is 0 Å². The molecule has 3 rings (SSSR count). The second-order valence-electron chi connectivity index (χ2n) is 3.98. The van der Waals surface area contributed by atoms with Gasteiger partial charge in [-0.05, 0) is 39.0 Å². The standard InChI is InChI=1S/C13H11BrO3S/c14-10-7-18-6-9(10)13(15)8-1-2-11-12(5-8)17-4-3-16-11/h1-2,5-7,13,15H,3-4H2. The second-order valence-corrected chi connectivity index (χ2v) is 5.58. The molecule has 1 aromatic carbocycles. The third-order valence-electron chi connectivity index (χ3n) is 2.82. The molecule has 0 aliphatic carbocycles. The van der Waals surface area contributed by atoms with E-state index in [9.17, 15) is 5.11 Å². The van der Waals surface area contributed by atoms with E-state index in [1.165, 1.54) is 0 Å². The number of halogens is 1. The summed E-state index contributed by atoms with van der Waals surface area (Å²) in [6, 6.07) is 5.54. The van der Waals surface area contributed by atoms with E-state index in [1.807, 2.05) is 29.0 Å². The Morgan fingerprint density at radius 1 is 1.17 bits per heavy atom. The van der Waals surface area contributed by atoms with E-state index in [1.54, 1.807) is 11.3 Å². The summed E-state index contributed by atoms with van der Waals surface area (Å²) < 4.78 is 11.9. The molecule has 0 amide bonds. The highest BCUT2D eigenvalue weighted by molar-refractivity contribution is 9.10. The van der Waals surface area contributed by atoms with E-state index in [4.69, 9.17) is 9.47 Å². The van der Waals surface area contributed by atoms with Crippen LogP contribution in [0.3, 0.4) is 0 Å². The summed E-state index contributed by atoms with van der Waals surface area (Å²) in [5, 5.41) is 14.2. The summed E-state index contributed by atoms with van der Waals surface area (Å²) in [5.74, 6) is 1.44. The molecule has 1 N–H and O–H groups in total. The van der Waals surface area contributed by atoms with Crippen LogP contribution >= 0.6 is 27.3 Å². The highest BCUT2D eigenvalue weighted by Crippen LogP contribution is 2.36. The number of hydrogen-bond donors (Lipinski definition) is 1. The Kier molecular flexibility index (Phi) is 3.28. The molecule has 0 saturated heterocycles. The van der Waals surface area contributed by atoms with Crippen molar-refractivity contribution in [2.24, 2.45) is 0 Å². The SMILES string of the molecule is OC(c1ccc2c(c1)OCCO2)c1cscc1Br. The van der Waals surface area contributed by atoms with Gasteiger partial charge in [-0.15, -0.1) is 0 Å². The maximum Gasteiger partial charge on any atom is 0.161 e. The number of benzene rings is 1. The van der Waals surface area contributed by atoms with Crippen LogP contribution in [0, 0.1) is 0 Å². The van der Waals surface area contributed by atoms with Crippen molar-refractivity contribution in [3.05, 3.63) is 44.6 Å². The normalized spacial score (nSPS) is 15.4. The molecule has 1 unspecified atom stereocenters. The number of thiophene rings is 1. The molecule has 2 aromatic rings. The molecule has 0 fully saturated rings. The Morgan fingerprint density at radius 2 is 1.94 bits per heavy atom. The first-order chi connectivity index (χ1) is 8.75. The minimum absolute atomic E-state index is 0.550. The van der Waals surface area contributed by atoms with Gasteiger partial charge in [-0.25, -0.2) is 0 Å². The van der Waals surface area contributed by atoms with Crippen molar-refractivity contribution in [3.63, 3.8) is 0 Å². The number of aliphatic hydroxyl groups excluding tert-OH is 1. The van der Waals surface area contributed by atoms with Gasteiger partial charge in [-0.1, -0.05) is 6.07 Å². The molecule has 5 heteroatoms. The highest BCUT2D eigenvalue weighted by Gasteiger charge is 2.18. The summed E-state index contributed by atoms with van der Waals surface area (Å²) in [5.41, 5.74) is 1.68. The molecule has 2 heterocycles. The topological polar surface area (TPSA) is 38.7 Å². The Hall–Kier alpha value is -1.04. The Labute approximate surface area is 117 Å². The summed E-state index contributed by atoms with van der Waals surface area (Å²) in [6.07, 6.45) is -0.651. The summed E-state index contributed by atoms with van der Waals surface area (Å²) >= 11 is 4.99. The third kappa shape index (κ3) is 2.13. The van der Waals surface area contributed by atoms with Crippen molar-refractivity contribution >= 4 is 27.3 Å². The van der Waals surface area contributed by atoms with E-state index in [0.29, 0.717) is 19.0 Å². The van der Waals surface area contributed by atoms with Gasteiger partial charge in [0, 0.05) is 15.4 Å². The van der Waals surface area contributed by atoms with Gasteiger partial charge in [0.2, 0.25) is 0 Å². The van der Waals surface area contributed by atoms with Crippen LogP contribution in [-0.4, -0.2) is 18.3 Å². The Balaban J connectivity index is 1.95. The van der Waals surface area contributed by atoms with Crippen LogP contribution in [0.25, 0.3) is 0 Å². The van der Waals surface area contributed by atoms with Crippen molar-refractivity contribution in [1.82, 2.24) is 0 Å². The monoisotopic (exact) mass is 326 g/mol. The van der Waals surface area contributed by atoms with Crippen molar-refractivity contribution < 1.29 is 14.6 Å². The predicted molar refractivity (Wildman–Crippen MR) is 73.5 cm³/mol. The van der Waals surface area contributed by atoms with Gasteiger partial charge in [-0.2, -0.15) is 11.3 Å². The minimum atomic E-state index is -0.651. The zero-order valence-electron chi connectivity index (χ0n) is 9.43. The second kappa shape index (κ2) is 4.91. The fourth-order valence-electron chi connectivity index (χ4n) is 1.90. The van der Waals surface area contributed by atoms with Gasteiger partial charge in [0.15, 0.2) is 11.5 Å².